The van der Waals surface area contributed by atoms with Gasteiger partial charge in [-0.15, -0.1) is 0 Å². The Morgan fingerprint density at radius 3 is 3.29 bits per heavy atom. The Morgan fingerprint density at radius 1 is 1.79 bits per heavy atom. The molecule has 1 aromatic rings. The molecule has 1 saturated heterocycles. The molecule has 1 aliphatic heterocycles. The van der Waals surface area contributed by atoms with Gasteiger partial charge in [-0.25, -0.2) is 0 Å². The number of carbonyl (C=O) groups excluding carboxylic acids is 1. The monoisotopic (exact) mass is 193 g/mol. The van der Waals surface area contributed by atoms with Crippen molar-refractivity contribution in [3.05, 3.63) is 18.0 Å². The molecule has 1 amide bonds. The molecule has 2 heterocycles. The van der Waals surface area contributed by atoms with E-state index in [-0.39, 0.29) is 5.91 Å². The zero-order valence-corrected chi connectivity index (χ0v) is 8.36. The molecular formula is C10H15N3O. The van der Waals surface area contributed by atoms with Crippen molar-refractivity contribution in [3.63, 3.8) is 0 Å². The van der Waals surface area contributed by atoms with Crippen molar-refractivity contribution >= 4 is 5.91 Å². The summed E-state index contributed by atoms with van der Waals surface area (Å²) in [5.74, 6) is 0.114. The van der Waals surface area contributed by atoms with E-state index in [9.17, 15) is 4.79 Å². The van der Waals surface area contributed by atoms with Gasteiger partial charge >= 0.3 is 0 Å². The van der Waals surface area contributed by atoms with E-state index < -0.39 is 0 Å². The van der Waals surface area contributed by atoms with Gasteiger partial charge in [0.25, 0.3) is 5.91 Å². The van der Waals surface area contributed by atoms with Crippen molar-refractivity contribution in [1.29, 1.82) is 0 Å². The van der Waals surface area contributed by atoms with Gasteiger partial charge in [-0.1, -0.05) is 6.92 Å². The molecule has 0 aliphatic carbocycles. The van der Waals surface area contributed by atoms with Crippen molar-refractivity contribution in [2.24, 2.45) is 0 Å². The Hall–Kier alpha value is -1.32. The van der Waals surface area contributed by atoms with Crippen molar-refractivity contribution in [2.45, 2.75) is 32.2 Å². The summed E-state index contributed by atoms with van der Waals surface area (Å²) >= 11 is 0. The summed E-state index contributed by atoms with van der Waals surface area (Å²) in [6.45, 7) is 3.02. The fourth-order valence-corrected chi connectivity index (χ4v) is 2.06. The van der Waals surface area contributed by atoms with Crippen LogP contribution in [-0.2, 0) is 0 Å². The minimum atomic E-state index is 0.114. The summed E-state index contributed by atoms with van der Waals surface area (Å²) in [6, 6.07) is 0.428. The van der Waals surface area contributed by atoms with E-state index in [1.807, 2.05) is 4.90 Å². The Bertz CT molecular complexity index is 307. The topological polar surface area (TPSA) is 49.0 Å². The number of carbonyl (C=O) groups is 1. The molecular weight excluding hydrogens is 178 g/mol. The summed E-state index contributed by atoms with van der Waals surface area (Å²) in [5.41, 5.74) is 0.672. The summed E-state index contributed by atoms with van der Waals surface area (Å²) < 4.78 is 0. The molecule has 1 aliphatic rings. The molecule has 0 aromatic carbocycles. The van der Waals surface area contributed by atoms with Crippen LogP contribution < -0.4 is 0 Å². The first kappa shape index (κ1) is 9.24. The van der Waals surface area contributed by atoms with Crippen molar-refractivity contribution in [1.82, 2.24) is 15.1 Å². The summed E-state index contributed by atoms with van der Waals surface area (Å²) in [6.07, 6.45) is 6.56. The van der Waals surface area contributed by atoms with Gasteiger partial charge in [-0.2, -0.15) is 5.10 Å². The van der Waals surface area contributed by atoms with E-state index in [4.69, 9.17) is 0 Å². The zero-order valence-electron chi connectivity index (χ0n) is 8.36. The number of aromatic amines is 1. The van der Waals surface area contributed by atoms with E-state index in [0.29, 0.717) is 11.6 Å². The normalized spacial score (nSPS) is 21.5. The molecule has 1 aromatic heterocycles. The van der Waals surface area contributed by atoms with Crippen LogP contribution in [0.1, 0.15) is 36.5 Å². The highest BCUT2D eigenvalue weighted by atomic mass is 16.2. The molecule has 1 atom stereocenters. The van der Waals surface area contributed by atoms with Crippen LogP contribution in [-0.4, -0.2) is 33.6 Å². The quantitative estimate of drug-likeness (QED) is 0.772. The van der Waals surface area contributed by atoms with E-state index in [0.717, 1.165) is 25.8 Å². The molecule has 4 nitrogen and oxygen atoms in total. The van der Waals surface area contributed by atoms with E-state index in [1.54, 1.807) is 12.4 Å². The van der Waals surface area contributed by atoms with Crippen LogP contribution in [0.25, 0.3) is 0 Å². The van der Waals surface area contributed by atoms with Gasteiger partial charge in [0, 0.05) is 18.8 Å². The molecule has 4 heteroatoms. The molecule has 76 valence electrons. The summed E-state index contributed by atoms with van der Waals surface area (Å²) in [7, 11) is 0. The lowest BCUT2D eigenvalue weighted by molar-refractivity contribution is 0.0734. The van der Waals surface area contributed by atoms with Gasteiger partial charge in [0.1, 0.15) is 0 Å². The van der Waals surface area contributed by atoms with E-state index >= 15 is 0 Å². The molecule has 2 rings (SSSR count). The second kappa shape index (κ2) is 3.82. The number of nitrogens with one attached hydrogen (secondary N) is 1. The van der Waals surface area contributed by atoms with Crippen LogP contribution in [0.15, 0.2) is 12.4 Å². The van der Waals surface area contributed by atoms with E-state index in [2.05, 4.69) is 17.1 Å². The fraction of sp³-hybridized carbons (Fsp3) is 0.600. The molecule has 0 radical (unpaired) electrons. The lowest BCUT2D eigenvalue weighted by atomic mass is 10.1. The first-order valence-corrected chi connectivity index (χ1v) is 5.12. The smallest absolute Gasteiger partial charge is 0.257 e. The highest BCUT2D eigenvalue weighted by Gasteiger charge is 2.28. The fourth-order valence-electron chi connectivity index (χ4n) is 2.06. The molecule has 1 fully saturated rings. The lowest BCUT2D eigenvalue weighted by Gasteiger charge is -2.22. The largest absolute Gasteiger partial charge is 0.336 e. The maximum Gasteiger partial charge on any atom is 0.257 e. The first-order valence-electron chi connectivity index (χ1n) is 5.12. The SMILES string of the molecule is CCC1CCCN1C(=O)c1cn[nH]c1. The second-order valence-corrected chi connectivity index (χ2v) is 3.69. The number of nitrogens with zero attached hydrogens (tertiary/aromatic N) is 2. The number of rotatable bonds is 2. The zero-order chi connectivity index (χ0) is 9.97. The molecule has 1 N–H and O–H groups in total. The highest BCUT2D eigenvalue weighted by Crippen LogP contribution is 2.21. The van der Waals surface area contributed by atoms with Gasteiger partial charge in [0.15, 0.2) is 0 Å². The third-order valence-electron chi connectivity index (χ3n) is 2.85. The first-order chi connectivity index (χ1) is 6.83. The number of hydrogen-bond acceptors (Lipinski definition) is 2. The Balaban J connectivity index is 2.11. The van der Waals surface area contributed by atoms with Gasteiger partial charge < -0.3 is 4.90 Å². The number of hydrogen-bond donors (Lipinski definition) is 1. The highest BCUT2D eigenvalue weighted by molar-refractivity contribution is 5.94. The van der Waals surface area contributed by atoms with Crippen molar-refractivity contribution in [2.75, 3.05) is 6.54 Å². The van der Waals surface area contributed by atoms with E-state index in [1.165, 1.54) is 0 Å². The number of H-pyrrole nitrogens is 1. The van der Waals surface area contributed by atoms with Crippen LogP contribution >= 0.6 is 0 Å². The number of amides is 1. The summed E-state index contributed by atoms with van der Waals surface area (Å²) in [4.78, 5) is 13.9. The maximum absolute atomic E-state index is 11.9. The van der Waals surface area contributed by atoms with Gasteiger partial charge in [-0.3, -0.25) is 9.89 Å². The van der Waals surface area contributed by atoms with Crippen molar-refractivity contribution < 1.29 is 4.79 Å². The standard InChI is InChI=1S/C10H15N3O/c1-2-9-4-3-5-13(9)10(14)8-6-11-12-7-8/h6-7,9H,2-5H2,1H3,(H,11,12). The third-order valence-corrected chi connectivity index (χ3v) is 2.85. The average Bonchev–Trinajstić information content (AvgIpc) is 2.87. The molecule has 0 saturated carbocycles. The maximum atomic E-state index is 11.9. The third kappa shape index (κ3) is 1.52. The van der Waals surface area contributed by atoms with Crippen LogP contribution in [0, 0.1) is 0 Å². The molecule has 0 bridgehead atoms. The molecule has 0 spiro atoms. The lowest BCUT2D eigenvalue weighted by Crippen LogP contribution is -2.34. The summed E-state index contributed by atoms with van der Waals surface area (Å²) in [5, 5.41) is 6.46. The van der Waals surface area contributed by atoms with Gasteiger partial charge in [0.05, 0.1) is 11.8 Å². The molecule has 14 heavy (non-hydrogen) atoms. The van der Waals surface area contributed by atoms with Crippen molar-refractivity contribution in [3.8, 4) is 0 Å². The second-order valence-electron chi connectivity index (χ2n) is 3.69. The minimum absolute atomic E-state index is 0.114. The van der Waals surface area contributed by atoms with Gasteiger partial charge in [0.2, 0.25) is 0 Å². The van der Waals surface area contributed by atoms with Crippen LogP contribution in [0.2, 0.25) is 0 Å². The predicted octanol–water partition coefficient (Wildman–Crippen LogP) is 1.42. The molecule has 1 unspecified atom stereocenters. The Labute approximate surface area is 83.3 Å². The number of likely N-dealkylation sites (tertiary alicyclic amines) is 1. The van der Waals surface area contributed by atoms with Crippen LogP contribution in [0.5, 0.6) is 0 Å². The minimum Gasteiger partial charge on any atom is -0.336 e. The number of aromatic nitrogens is 2. The predicted molar refractivity (Wildman–Crippen MR) is 52.9 cm³/mol. The Morgan fingerprint density at radius 2 is 2.64 bits per heavy atom. The van der Waals surface area contributed by atoms with Gasteiger partial charge in [-0.05, 0) is 19.3 Å². The Kier molecular flexibility index (Phi) is 2.52. The average molecular weight is 193 g/mol. The van der Waals surface area contributed by atoms with Crippen LogP contribution in [0.3, 0.4) is 0 Å². The van der Waals surface area contributed by atoms with Crippen LogP contribution in [0.4, 0.5) is 0 Å².